The number of carbonyl (C=O) groups excluding carboxylic acids is 2. The normalized spacial score (nSPS) is 19.4. The van der Waals surface area contributed by atoms with Crippen LogP contribution in [0, 0.1) is 0 Å². The van der Waals surface area contributed by atoms with E-state index in [-0.39, 0.29) is 0 Å². The fourth-order valence-electron chi connectivity index (χ4n) is 2.06. The van der Waals surface area contributed by atoms with E-state index in [2.05, 4.69) is 0 Å². The molecule has 0 aromatic carbocycles. The number of ether oxygens (including phenoxy) is 2. The van der Waals surface area contributed by atoms with Gasteiger partial charge < -0.3 is 9.47 Å². The van der Waals surface area contributed by atoms with Gasteiger partial charge in [-0.1, -0.05) is 0 Å². The average Bonchev–Trinajstić information content (AvgIpc) is 2.44. The van der Waals surface area contributed by atoms with Gasteiger partial charge in [-0.05, 0) is 11.1 Å². The Morgan fingerprint density at radius 3 is 1.61 bits per heavy atom. The van der Waals surface area contributed by atoms with Crippen molar-refractivity contribution in [1.29, 1.82) is 0 Å². The number of rotatable bonds is 2. The van der Waals surface area contributed by atoms with E-state index in [0.29, 0.717) is 37.2 Å². The molecule has 0 atom stereocenters. The van der Waals surface area contributed by atoms with Crippen LogP contribution in [-0.2, 0) is 28.8 Å². The van der Waals surface area contributed by atoms with Crippen LogP contribution in [0.5, 0.6) is 0 Å². The third-order valence-corrected chi connectivity index (χ3v) is 3.06. The predicted octanol–water partition coefficient (Wildman–Crippen LogP) is 0.681. The molecule has 0 N–H and O–H groups in total. The van der Waals surface area contributed by atoms with Gasteiger partial charge in [0.15, 0.2) is 0 Å². The molecule has 0 unspecified atom stereocenters. The lowest BCUT2D eigenvalue weighted by atomic mass is 9.86. The van der Waals surface area contributed by atoms with Crippen LogP contribution in [0.15, 0.2) is 22.3 Å². The molecular formula is C12H14O6. The van der Waals surface area contributed by atoms with Crippen molar-refractivity contribution in [3.05, 3.63) is 22.3 Å². The van der Waals surface area contributed by atoms with E-state index in [9.17, 15) is 9.59 Å². The third kappa shape index (κ3) is 2.30. The minimum atomic E-state index is -0.506. The van der Waals surface area contributed by atoms with E-state index >= 15 is 0 Å². The second-order valence-electron chi connectivity index (χ2n) is 4.03. The summed E-state index contributed by atoms with van der Waals surface area (Å²) in [4.78, 5) is 33.1. The molecule has 0 spiro atoms. The van der Waals surface area contributed by atoms with Gasteiger partial charge in [0.2, 0.25) is 0 Å². The zero-order valence-electron chi connectivity index (χ0n) is 10.3. The van der Waals surface area contributed by atoms with Crippen molar-refractivity contribution in [3.8, 4) is 0 Å². The van der Waals surface area contributed by atoms with Gasteiger partial charge in [0, 0.05) is 12.8 Å². The van der Waals surface area contributed by atoms with Crippen molar-refractivity contribution in [2.45, 2.75) is 12.8 Å². The highest BCUT2D eigenvalue weighted by Crippen LogP contribution is 2.33. The van der Waals surface area contributed by atoms with Gasteiger partial charge in [0.1, 0.15) is 13.2 Å². The molecule has 2 rings (SSSR count). The monoisotopic (exact) mass is 254 g/mol. The van der Waals surface area contributed by atoms with E-state index in [4.69, 9.17) is 19.2 Å². The second kappa shape index (κ2) is 5.32. The predicted molar refractivity (Wildman–Crippen MR) is 59.2 cm³/mol. The minimum Gasteiger partial charge on any atom is -0.466 e. The maximum Gasteiger partial charge on any atom is 0.334 e. The molecule has 98 valence electrons. The molecule has 0 fully saturated rings. The highest BCUT2D eigenvalue weighted by molar-refractivity contribution is 6.01. The van der Waals surface area contributed by atoms with Crippen LogP contribution in [0.25, 0.3) is 0 Å². The zero-order valence-corrected chi connectivity index (χ0v) is 10.3. The molecule has 0 amide bonds. The first-order chi connectivity index (χ1) is 8.67. The lowest BCUT2D eigenvalue weighted by molar-refractivity contribution is -0.289. The molecule has 1 aliphatic heterocycles. The average molecular weight is 254 g/mol. The first kappa shape index (κ1) is 12.8. The van der Waals surface area contributed by atoms with Crippen LogP contribution in [-0.4, -0.2) is 39.4 Å². The summed E-state index contributed by atoms with van der Waals surface area (Å²) < 4.78 is 9.39. The van der Waals surface area contributed by atoms with E-state index < -0.39 is 11.9 Å². The Balaban J connectivity index is 2.32. The van der Waals surface area contributed by atoms with E-state index in [1.54, 1.807) is 0 Å². The summed E-state index contributed by atoms with van der Waals surface area (Å²) >= 11 is 0. The summed E-state index contributed by atoms with van der Waals surface area (Å²) in [5.74, 6) is -1.01. The largest absolute Gasteiger partial charge is 0.466 e. The lowest BCUT2D eigenvalue weighted by Gasteiger charge is -2.26. The van der Waals surface area contributed by atoms with Crippen LogP contribution in [0.3, 0.4) is 0 Å². The van der Waals surface area contributed by atoms with Crippen LogP contribution >= 0.6 is 0 Å². The van der Waals surface area contributed by atoms with Crippen LogP contribution < -0.4 is 0 Å². The number of hydrogen-bond donors (Lipinski definition) is 0. The van der Waals surface area contributed by atoms with Gasteiger partial charge in [-0.2, -0.15) is 0 Å². The summed E-state index contributed by atoms with van der Waals surface area (Å²) in [6.07, 6.45) is 0.686. The van der Waals surface area contributed by atoms with Crippen LogP contribution in [0.1, 0.15) is 12.8 Å². The first-order valence-electron chi connectivity index (χ1n) is 5.50. The molecular weight excluding hydrogens is 240 g/mol. The molecule has 1 heterocycles. The first-order valence-corrected chi connectivity index (χ1v) is 5.50. The molecule has 1 aliphatic carbocycles. The fourth-order valence-corrected chi connectivity index (χ4v) is 2.06. The molecule has 0 aromatic heterocycles. The highest BCUT2D eigenvalue weighted by Gasteiger charge is 2.31. The van der Waals surface area contributed by atoms with Crippen LogP contribution in [0.4, 0.5) is 0 Å². The molecule has 0 aromatic rings. The lowest BCUT2D eigenvalue weighted by Crippen LogP contribution is -2.25. The molecule has 0 radical (unpaired) electrons. The number of methoxy groups -OCH3 is 2. The molecule has 18 heavy (non-hydrogen) atoms. The fraction of sp³-hybridized carbons (Fsp3) is 0.500. The van der Waals surface area contributed by atoms with E-state index in [1.165, 1.54) is 14.2 Å². The Labute approximate surface area is 104 Å². The molecule has 0 bridgehead atoms. The van der Waals surface area contributed by atoms with Gasteiger partial charge in [0.25, 0.3) is 0 Å². The Kier molecular flexibility index (Phi) is 3.78. The summed E-state index contributed by atoms with van der Waals surface area (Å²) in [5, 5.41) is 0. The maximum atomic E-state index is 11.7. The standard InChI is InChI=1S/C12H14O6/c1-15-11(13)9-3-7-5-17-18-6-8(7)4-10(9)12(14)16-2/h3-6H2,1-2H3. The van der Waals surface area contributed by atoms with Crippen molar-refractivity contribution in [3.63, 3.8) is 0 Å². The maximum absolute atomic E-state index is 11.7. The van der Waals surface area contributed by atoms with Crippen molar-refractivity contribution < 1.29 is 28.8 Å². The Hall–Kier alpha value is -1.66. The third-order valence-electron chi connectivity index (χ3n) is 3.06. The van der Waals surface area contributed by atoms with Gasteiger partial charge in [0.05, 0.1) is 25.4 Å². The molecule has 2 aliphatic rings. The Bertz CT molecular complexity index is 405. The molecule has 0 saturated carbocycles. The summed E-state index contributed by atoms with van der Waals surface area (Å²) in [6, 6.07) is 0. The van der Waals surface area contributed by atoms with Gasteiger partial charge in [-0.3, -0.25) is 0 Å². The van der Waals surface area contributed by atoms with Crippen molar-refractivity contribution >= 4 is 11.9 Å². The quantitative estimate of drug-likeness (QED) is 0.410. The van der Waals surface area contributed by atoms with Gasteiger partial charge in [-0.25, -0.2) is 19.4 Å². The van der Waals surface area contributed by atoms with Crippen molar-refractivity contribution in [2.75, 3.05) is 27.4 Å². The summed E-state index contributed by atoms with van der Waals surface area (Å²) in [7, 11) is 2.57. The van der Waals surface area contributed by atoms with E-state index in [0.717, 1.165) is 11.1 Å². The minimum absolute atomic E-state index is 0.310. The zero-order chi connectivity index (χ0) is 13.1. The van der Waals surface area contributed by atoms with Gasteiger partial charge >= 0.3 is 11.9 Å². The van der Waals surface area contributed by atoms with Crippen molar-refractivity contribution in [1.82, 2.24) is 0 Å². The Morgan fingerprint density at radius 2 is 1.28 bits per heavy atom. The highest BCUT2D eigenvalue weighted by atomic mass is 17.2. The molecule has 6 heteroatoms. The number of hydrogen-bond acceptors (Lipinski definition) is 6. The molecule has 6 nitrogen and oxygen atoms in total. The summed E-state index contributed by atoms with van der Waals surface area (Å²) in [6.45, 7) is 0.620. The second-order valence-corrected chi connectivity index (χ2v) is 4.03. The van der Waals surface area contributed by atoms with Crippen molar-refractivity contribution in [2.24, 2.45) is 0 Å². The summed E-state index contributed by atoms with van der Waals surface area (Å²) in [5.41, 5.74) is 2.62. The topological polar surface area (TPSA) is 71.1 Å². The van der Waals surface area contributed by atoms with Gasteiger partial charge in [-0.15, -0.1) is 0 Å². The van der Waals surface area contributed by atoms with Crippen LogP contribution in [0.2, 0.25) is 0 Å². The SMILES string of the molecule is COC(=O)C1=C(C(=O)OC)CC2=C(COOC2)C1. The number of esters is 2. The van der Waals surface area contributed by atoms with E-state index in [1.807, 2.05) is 0 Å². The Morgan fingerprint density at radius 1 is 0.889 bits per heavy atom. The smallest absolute Gasteiger partial charge is 0.334 e. The molecule has 0 saturated heterocycles. The number of carbonyl (C=O) groups is 2.